The van der Waals surface area contributed by atoms with Gasteiger partial charge in [0.15, 0.2) is 0 Å². The molecule has 2 aliphatic rings. The van der Waals surface area contributed by atoms with Crippen molar-refractivity contribution >= 4 is 5.97 Å². The van der Waals surface area contributed by atoms with E-state index in [9.17, 15) is 4.79 Å². The fourth-order valence-corrected chi connectivity index (χ4v) is 3.36. The van der Waals surface area contributed by atoms with Crippen LogP contribution in [0, 0.1) is 0 Å². The van der Waals surface area contributed by atoms with Crippen LogP contribution in [0.2, 0.25) is 0 Å². The molecular weight excluding hydrogens is 178 g/mol. The van der Waals surface area contributed by atoms with Crippen LogP contribution in [0.25, 0.3) is 0 Å². The zero-order valence-electron chi connectivity index (χ0n) is 8.99. The van der Waals surface area contributed by atoms with Crippen molar-refractivity contribution in [3.05, 3.63) is 0 Å². The maximum atomic E-state index is 10.8. The Balaban J connectivity index is 2.10. The second-order valence-corrected chi connectivity index (χ2v) is 5.25. The van der Waals surface area contributed by atoms with Gasteiger partial charge in [-0.05, 0) is 39.5 Å². The lowest BCUT2D eigenvalue weighted by Gasteiger charge is -2.38. The Labute approximate surface area is 85.1 Å². The van der Waals surface area contributed by atoms with E-state index in [1.807, 2.05) is 0 Å². The van der Waals surface area contributed by atoms with E-state index in [4.69, 9.17) is 5.11 Å². The quantitative estimate of drug-likeness (QED) is 0.750. The Hall–Kier alpha value is -0.570. The molecule has 0 spiro atoms. The van der Waals surface area contributed by atoms with Crippen LogP contribution in [0.5, 0.6) is 0 Å². The van der Waals surface area contributed by atoms with E-state index >= 15 is 0 Å². The zero-order chi connectivity index (χ0) is 10.3. The molecule has 0 unspecified atom stereocenters. The largest absolute Gasteiger partial charge is 0.481 e. The van der Waals surface area contributed by atoms with Crippen molar-refractivity contribution in [1.82, 2.24) is 4.90 Å². The first-order valence-electron chi connectivity index (χ1n) is 5.51. The second-order valence-electron chi connectivity index (χ2n) is 5.25. The smallest absolute Gasteiger partial charge is 0.305 e. The fourth-order valence-electron chi connectivity index (χ4n) is 3.36. The van der Waals surface area contributed by atoms with Crippen molar-refractivity contribution in [2.24, 2.45) is 0 Å². The lowest BCUT2D eigenvalue weighted by Crippen LogP contribution is -2.48. The number of carbonyl (C=O) groups is 1. The number of carboxylic acid groups (broad SMARTS) is 1. The van der Waals surface area contributed by atoms with Gasteiger partial charge in [0, 0.05) is 17.6 Å². The number of fused-ring (bicyclic) bond motifs is 2. The predicted octanol–water partition coefficient (Wildman–Crippen LogP) is 1.87. The Morgan fingerprint density at radius 1 is 1.29 bits per heavy atom. The van der Waals surface area contributed by atoms with Gasteiger partial charge in [-0.15, -0.1) is 0 Å². The van der Waals surface area contributed by atoms with Crippen LogP contribution in [0.1, 0.15) is 46.0 Å². The molecule has 2 rings (SSSR count). The summed E-state index contributed by atoms with van der Waals surface area (Å²) in [7, 11) is 0. The molecular formula is C11H19NO2. The molecule has 0 radical (unpaired) electrons. The maximum Gasteiger partial charge on any atom is 0.305 e. The minimum absolute atomic E-state index is 0.159. The van der Waals surface area contributed by atoms with Crippen molar-refractivity contribution in [2.75, 3.05) is 0 Å². The molecule has 0 saturated carbocycles. The first-order valence-corrected chi connectivity index (χ1v) is 5.51. The van der Waals surface area contributed by atoms with E-state index in [0.29, 0.717) is 12.1 Å². The summed E-state index contributed by atoms with van der Waals surface area (Å²) < 4.78 is 0. The standard InChI is InChI=1S/C11H19NO2/c1-11(2,7-10(13)14)12-8-3-4-9(12)6-5-8/h8-9H,3-7H2,1-2H3,(H,13,14). The van der Waals surface area contributed by atoms with Gasteiger partial charge < -0.3 is 5.11 Å². The normalized spacial score (nSPS) is 32.4. The third-order valence-corrected chi connectivity index (χ3v) is 3.74. The van der Waals surface area contributed by atoms with E-state index in [0.717, 1.165) is 0 Å². The molecule has 2 bridgehead atoms. The number of nitrogens with zero attached hydrogens (tertiary/aromatic N) is 1. The van der Waals surface area contributed by atoms with Gasteiger partial charge in [0.05, 0.1) is 6.42 Å². The number of aliphatic carboxylic acids is 1. The van der Waals surface area contributed by atoms with Crippen LogP contribution in [-0.4, -0.2) is 33.6 Å². The number of hydrogen-bond donors (Lipinski definition) is 1. The molecule has 2 saturated heterocycles. The Kier molecular flexibility index (Phi) is 2.30. The first kappa shape index (κ1) is 9.97. The Morgan fingerprint density at radius 3 is 2.07 bits per heavy atom. The first-order chi connectivity index (χ1) is 6.50. The molecule has 0 aliphatic carbocycles. The van der Waals surface area contributed by atoms with Crippen LogP contribution in [0.4, 0.5) is 0 Å². The van der Waals surface area contributed by atoms with Crippen molar-refractivity contribution < 1.29 is 9.90 Å². The molecule has 0 aromatic rings. The molecule has 0 amide bonds. The van der Waals surface area contributed by atoms with Gasteiger partial charge >= 0.3 is 5.97 Å². The zero-order valence-corrected chi connectivity index (χ0v) is 8.99. The molecule has 2 fully saturated rings. The summed E-state index contributed by atoms with van der Waals surface area (Å²) in [6.07, 6.45) is 5.35. The lowest BCUT2D eigenvalue weighted by atomic mass is 9.97. The lowest BCUT2D eigenvalue weighted by molar-refractivity contribution is -0.140. The van der Waals surface area contributed by atoms with Crippen molar-refractivity contribution in [2.45, 2.75) is 63.6 Å². The molecule has 1 N–H and O–H groups in total. The molecule has 0 aromatic carbocycles. The van der Waals surface area contributed by atoms with Gasteiger partial charge in [0.25, 0.3) is 0 Å². The molecule has 2 heterocycles. The second kappa shape index (κ2) is 3.23. The summed E-state index contributed by atoms with van der Waals surface area (Å²) in [6, 6.07) is 1.32. The SMILES string of the molecule is CC(C)(CC(=O)O)N1C2CCC1CC2. The highest BCUT2D eigenvalue weighted by atomic mass is 16.4. The van der Waals surface area contributed by atoms with Crippen LogP contribution >= 0.6 is 0 Å². The van der Waals surface area contributed by atoms with Crippen LogP contribution in [0.3, 0.4) is 0 Å². The highest BCUT2D eigenvalue weighted by molar-refractivity contribution is 5.68. The molecule has 3 heteroatoms. The van der Waals surface area contributed by atoms with E-state index < -0.39 is 5.97 Å². The van der Waals surface area contributed by atoms with Crippen LogP contribution in [-0.2, 0) is 4.79 Å². The average molecular weight is 197 g/mol. The fraction of sp³-hybridized carbons (Fsp3) is 0.909. The summed E-state index contributed by atoms with van der Waals surface area (Å²) in [5.74, 6) is -0.679. The van der Waals surface area contributed by atoms with E-state index in [-0.39, 0.29) is 12.0 Å². The van der Waals surface area contributed by atoms with E-state index in [1.165, 1.54) is 25.7 Å². The van der Waals surface area contributed by atoms with Crippen LogP contribution < -0.4 is 0 Å². The average Bonchev–Trinajstić information content (AvgIpc) is 2.58. The number of rotatable bonds is 3. The van der Waals surface area contributed by atoms with Gasteiger partial charge in [-0.2, -0.15) is 0 Å². The highest BCUT2D eigenvalue weighted by Crippen LogP contribution is 2.43. The van der Waals surface area contributed by atoms with Crippen molar-refractivity contribution in [3.63, 3.8) is 0 Å². The third kappa shape index (κ3) is 1.54. The topological polar surface area (TPSA) is 40.5 Å². The molecule has 2 aliphatic heterocycles. The van der Waals surface area contributed by atoms with Gasteiger partial charge in [0.2, 0.25) is 0 Å². The minimum atomic E-state index is -0.679. The summed E-state index contributed by atoms with van der Waals surface area (Å²) in [4.78, 5) is 13.2. The van der Waals surface area contributed by atoms with Crippen LogP contribution in [0.15, 0.2) is 0 Å². The summed E-state index contributed by atoms with van der Waals surface area (Å²) in [5.41, 5.74) is -0.159. The Morgan fingerprint density at radius 2 is 1.71 bits per heavy atom. The van der Waals surface area contributed by atoms with Gasteiger partial charge in [-0.25, -0.2) is 0 Å². The monoisotopic (exact) mass is 197 g/mol. The van der Waals surface area contributed by atoms with E-state index in [1.54, 1.807) is 0 Å². The highest BCUT2D eigenvalue weighted by Gasteiger charge is 2.46. The van der Waals surface area contributed by atoms with Crippen molar-refractivity contribution in [1.29, 1.82) is 0 Å². The molecule has 0 atom stereocenters. The molecule has 14 heavy (non-hydrogen) atoms. The number of hydrogen-bond acceptors (Lipinski definition) is 2. The molecule has 3 nitrogen and oxygen atoms in total. The summed E-state index contributed by atoms with van der Waals surface area (Å²) in [6.45, 7) is 4.13. The number of carboxylic acids is 1. The summed E-state index contributed by atoms with van der Waals surface area (Å²) in [5, 5.41) is 8.88. The van der Waals surface area contributed by atoms with Gasteiger partial charge in [-0.3, -0.25) is 9.69 Å². The molecule has 80 valence electrons. The minimum Gasteiger partial charge on any atom is -0.481 e. The third-order valence-electron chi connectivity index (χ3n) is 3.74. The Bertz CT molecular complexity index is 230. The van der Waals surface area contributed by atoms with Crippen molar-refractivity contribution in [3.8, 4) is 0 Å². The molecule has 0 aromatic heterocycles. The van der Waals surface area contributed by atoms with Gasteiger partial charge in [0.1, 0.15) is 0 Å². The predicted molar refractivity (Wildman–Crippen MR) is 54.2 cm³/mol. The van der Waals surface area contributed by atoms with E-state index in [2.05, 4.69) is 18.7 Å². The van der Waals surface area contributed by atoms with Gasteiger partial charge in [-0.1, -0.05) is 0 Å². The summed E-state index contributed by atoms with van der Waals surface area (Å²) >= 11 is 0. The maximum absolute atomic E-state index is 10.8.